The molecule has 1 amide bonds. The van der Waals surface area contributed by atoms with Crippen LogP contribution in [0, 0.1) is 0 Å². The van der Waals surface area contributed by atoms with Gasteiger partial charge in [0, 0.05) is 13.0 Å². The molecule has 7 heteroatoms. The minimum atomic E-state index is -1.12. The van der Waals surface area contributed by atoms with Crippen LogP contribution in [0.4, 0.5) is 0 Å². The van der Waals surface area contributed by atoms with Crippen molar-refractivity contribution in [3.63, 3.8) is 0 Å². The zero-order chi connectivity index (χ0) is 11.8. The van der Waals surface area contributed by atoms with Crippen molar-refractivity contribution in [1.82, 2.24) is 5.32 Å². The molecule has 7 nitrogen and oxygen atoms in total. The average Bonchev–Trinajstić information content (AvgIpc) is 2.09. The molecule has 0 aliphatic heterocycles. The van der Waals surface area contributed by atoms with Gasteiger partial charge in [-0.15, -0.1) is 0 Å². The van der Waals surface area contributed by atoms with Gasteiger partial charge in [0.1, 0.15) is 6.04 Å². The maximum absolute atomic E-state index is 10.6. The fourth-order valence-electron chi connectivity index (χ4n) is 0.953. The monoisotopic (exact) mass is 218 g/mol. The number of primary amides is 1. The number of nitrogens with two attached hydrogens (primary N) is 1. The minimum absolute atomic E-state index is 0.0446. The summed E-state index contributed by atoms with van der Waals surface area (Å²) in [5, 5.41) is 19.5. The van der Waals surface area contributed by atoms with Crippen LogP contribution in [0.25, 0.3) is 0 Å². The van der Waals surface area contributed by atoms with Crippen molar-refractivity contribution in [2.75, 3.05) is 6.54 Å². The van der Waals surface area contributed by atoms with Gasteiger partial charge in [-0.3, -0.25) is 14.4 Å². The van der Waals surface area contributed by atoms with Gasteiger partial charge in [-0.1, -0.05) is 0 Å². The van der Waals surface area contributed by atoms with Gasteiger partial charge in [-0.25, -0.2) is 0 Å². The third kappa shape index (κ3) is 7.44. The van der Waals surface area contributed by atoms with E-state index in [1.165, 1.54) is 0 Å². The molecule has 5 N–H and O–H groups in total. The highest BCUT2D eigenvalue weighted by molar-refractivity contribution is 5.77. The molecule has 0 saturated heterocycles. The third-order valence-electron chi connectivity index (χ3n) is 1.71. The molecule has 1 atom stereocenters. The molecule has 0 bridgehead atoms. The van der Waals surface area contributed by atoms with Crippen LogP contribution in [0.1, 0.15) is 19.3 Å². The van der Waals surface area contributed by atoms with Gasteiger partial charge in [0.2, 0.25) is 5.91 Å². The molecule has 0 aromatic carbocycles. The van der Waals surface area contributed by atoms with E-state index in [0.29, 0.717) is 0 Å². The Balaban J connectivity index is 3.88. The number of rotatable bonds is 8. The second-order valence-corrected chi connectivity index (χ2v) is 2.99. The Morgan fingerprint density at radius 3 is 2.20 bits per heavy atom. The molecule has 0 heterocycles. The fourth-order valence-corrected chi connectivity index (χ4v) is 0.953. The Morgan fingerprint density at radius 2 is 1.80 bits per heavy atom. The first-order chi connectivity index (χ1) is 6.93. The lowest BCUT2D eigenvalue weighted by atomic mass is 10.1. The molecule has 86 valence electrons. The van der Waals surface area contributed by atoms with Gasteiger partial charge in [0.15, 0.2) is 0 Å². The van der Waals surface area contributed by atoms with Crippen molar-refractivity contribution in [2.45, 2.75) is 25.3 Å². The van der Waals surface area contributed by atoms with Gasteiger partial charge < -0.3 is 21.3 Å². The van der Waals surface area contributed by atoms with E-state index in [4.69, 9.17) is 15.9 Å². The van der Waals surface area contributed by atoms with Gasteiger partial charge in [0.05, 0.1) is 6.42 Å². The summed E-state index contributed by atoms with van der Waals surface area (Å²) in [6, 6.07) is -0.933. The summed E-state index contributed by atoms with van der Waals surface area (Å²) in [6.45, 7) is 0.0467. The molecule has 0 aromatic heterocycles. The van der Waals surface area contributed by atoms with E-state index in [1.807, 2.05) is 0 Å². The lowest BCUT2D eigenvalue weighted by Crippen LogP contribution is -2.38. The van der Waals surface area contributed by atoms with Crippen molar-refractivity contribution in [2.24, 2.45) is 5.73 Å². The normalized spacial score (nSPS) is 12.0. The largest absolute Gasteiger partial charge is 0.481 e. The summed E-state index contributed by atoms with van der Waals surface area (Å²) in [6.07, 6.45) is -0.151. The van der Waals surface area contributed by atoms with Crippen molar-refractivity contribution in [3.8, 4) is 0 Å². The maximum atomic E-state index is 10.6. The second kappa shape index (κ2) is 6.77. The maximum Gasteiger partial charge on any atom is 0.320 e. The fraction of sp³-hybridized carbons (Fsp3) is 0.625. The van der Waals surface area contributed by atoms with Crippen molar-refractivity contribution < 1.29 is 24.6 Å². The lowest BCUT2D eigenvalue weighted by Gasteiger charge is -2.12. The number of carbonyl (C=O) groups is 3. The zero-order valence-corrected chi connectivity index (χ0v) is 8.10. The number of carboxylic acid groups (broad SMARTS) is 2. The Bertz CT molecular complexity index is 253. The third-order valence-corrected chi connectivity index (χ3v) is 1.71. The van der Waals surface area contributed by atoms with E-state index < -0.39 is 23.9 Å². The van der Waals surface area contributed by atoms with Crippen LogP contribution >= 0.6 is 0 Å². The van der Waals surface area contributed by atoms with Crippen molar-refractivity contribution >= 4 is 17.8 Å². The van der Waals surface area contributed by atoms with Gasteiger partial charge in [0.25, 0.3) is 0 Å². The summed E-state index contributed by atoms with van der Waals surface area (Å²) < 4.78 is 0. The van der Waals surface area contributed by atoms with E-state index >= 15 is 0 Å². The highest BCUT2D eigenvalue weighted by Crippen LogP contribution is 1.97. The van der Waals surface area contributed by atoms with E-state index in [2.05, 4.69) is 5.32 Å². The smallest absolute Gasteiger partial charge is 0.320 e. The summed E-state index contributed by atoms with van der Waals surface area (Å²) in [5.74, 6) is -2.72. The molecule has 0 unspecified atom stereocenters. The van der Waals surface area contributed by atoms with Gasteiger partial charge in [-0.05, 0) is 6.42 Å². The highest BCUT2D eigenvalue weighted by atomic mass is 16.4. The Kier molecular flexibility index (Phi) is 6.03. The van der Waals surface area contributed by atoms with Crippen LogP contribution < -0.4 is 11.1 Å². The first kappa shape index (κ1) is 13.4. The Morgan fingerprint density at radius 1 is 1.20 bits per heavy atom. The predicted octanol–water partition coefficient (Wildman–Crippen LogP) is -1.23. The average molecular weight is 218 g/mol. The van der Waals surface area contributed by atoms with Crippen molar-refractivity contribution in [3.05, 3.63) is 0 Å². The lowest BCUT2D eigenvalue weighted by molar-refractivity contribution is -0.141. The van der Waals surface area contributed by atoms with Gasteiger partial charge >= 0.3 is 11.9 Å². The number of hydrogen-bond acceptors (Lipinski definition) is 4. The standard InChI is InChI=1S/C8H14N2O5/c9-6(11)2-1-5(8(14)15)10-4-3-7(12)13/h5,10H,1-4H2,(H2,9,11)(H,12,13)(H,14,15)/t5-/m0/s1. The molecule has 0 aliphatic carbocycles. The van der Waals surface area contributed by atoms with E-state index in [1.54, 1.807) is 0 Å². The molecular formula is C8H14N2O5. The first-order valence-corrected chi connectivity index (χ1v) is 4.39. The molecule has 0 spiro atoms. The molecular weight excluding hydrogens is 204 g/mol. The summed E-state index contributed by atoms with van der Waals surface area (Å²) in [5.41, 5.74) is 4.86. The zero-order valence-electron chi connectivity index (χ0n) is 8.10. The molecule has 0 saturated carbocycles. The summed E-state index contributed by atoms with van der Waals surface area (Å²) in [7, 11) is 0. The van der Waals surface area contributed by atoms with Crippen molar-refractivity contribution in [1.29, 1.82) is 0 Å². The quantitative estimate of drug-likeness (QED) is 0.403. The highest BCUT2D eigenvalue weighted by Gasteiger charge is 2.17. The summed E-state index contributed by atoms with van der Waals surface area (Å²) >= 11 is 0. The number of aliphatic carboxylic acids is 2. The number of nitrogens with one attached hydrogen (secondary N) is 1. The van der Waals surface area contributed by atoms with E-state index in [9.17, 15) is 14.4 Å². The molecule has 0 aromatic rings. The second-order valence-electron chi connectivity index (χ2n) is 2.99. The number of amides is 1. The number of carbonyl (C=O) groups excluding carboxylic acids is 1. The predicted molar refractivity (Wildman–Crippen MR) is 50.1 cm³/mol. The van der Waals surface area contributed by atoms with E-state index in [-0.39, 0.29) is 25.8 Å². The van der Waals surface area contributed by atoms with E-state index in [0.717, 1.165) is 0 Å². The number of carboxylic acids is 2. The minimum Gasteiger partial charge on any atom is -0.481 e. The first-order valence-electron chi connectivity index (χ1n) is 4.39. The Labute approximate surface area is 86.3 Å². The molecule has 0 fully saturated rings. The number of hydrogen-bond donors (Lipinski definition) is 4. The van der Waals surface area contributed by atoms with Gasteiger partial charge in [-0.2, -0.15) is 0 Å². The van der Waals surface area contributed by atoms with Crippen LogP contribution in [0.2, 0.25) is 0 Å². The molecule has 15 heavy (non-hydrogen) atoms. The van der Waals surface area contributed by atoms with Crippen LogP contribution in [0.3, 0.4) is 0 Å². The van der Waals surface area contributed by atoms with Crippen LogP contribution in [0.5, 0.6) is 0 Å². The molecule has 0 radical (unpaired) electrons. The van der Waals surface area contributed by atoms with Crippen LogP contribution in [-0.2, 0) is 14.4 Å². The summed E-state index contributed by atoms with van der Waals surface area (Å²) in [4.78, 5) is 31.2. The van der Waals surface area contributed by atoms with Crippen LogP contribution in [0.15, 0.2) is 0 Å². The van der Waals surface area contributed by atoms with Crippen LogP contribution in [-0.4, -0.2) is 40.6 Å². The topological polar surface area (TPSA) is 130 Å². The molecule has 0 aliphatic rings. The Hall–Kier alpha value is -1.63. The molecule has 0 rings (SSSR count). The SMILES string of the molecule is NC(=O)CC[C@H](NCCC(=O)O)C(=O)O.